The van der Waals surface area contributed by atoms with E-state index < -0.39 is 0 Å². The van der Waals surface area contributed by atoms with Crippen LogP contribution in [-0.4, -0.2) is 23.1 Å². The highest BCUT2D eigenvalue weighted by Gasteiger charge is 2.21. The normalized spacial score (nSPS) is 14.2. The van der Waals surface area contributed by atoms with Crippen LogP contribution in [0.5, 0.6) is 5.75 Å². The summed E-state index contributed by atoms with van der Waals surface area (Å²) in [4.78, 5) is 8.69. The third kappa shape index (κ3) is 2.59. The fourth-order valence-electron chi connectivity index (χ4n) is 2.43. The Morgan fingerprint density at radius 3 is 2.65 bits per heavy atom. The van der Waals surface area contributed by atoms with Gasteiger partial charge in [-0.25, -0.2) is 9.97 Å². The number of anilines is 1. The van der Waals surface area contributed by atoms with E-state index in [4.69, 9.17) is 4.74 Å². The minimum atomic E-state index is 0.582. The molecule has 0 saturated heterocycles. The molecule has 20 heavy (non-hydrogen) atoms. The number of hydrogen-bond acceptors (Lipinski definition) is 4. The SMILES string of the molecule is COc1cc(C)cc(C)c1-c1cc(NC2CC2)ncn1. The molecule has 1 saturated carbocycles. The van der Waals surface area contributed by atoms with Crippen LogP contribution in [0.4, 0.5) is 5.82 Å². The summed E-state index contributed by atoms with van der Waals surface area (Å²) in [7, 11) is 1.70. The van der Waals surface area contributed by atoms with Gasteiger partial charge < -0.3 is 10.1 Å². The molecule has 1 heterocycles. The number of benzene rings is 1. The van der Waals surface area contributed by atoms with Crippen molar-refractivity contribution in [3.8, 4) is 17.0 Å². The standard InChI is InChI=1S/C16H19N3O/c1-10-6-11(2)16(14(7-10)20-3)13-8-15(18-9-17-13)19-12-4-5-12/h6-9,12H,4-5H2,1-3H3,(H,17,18,19). The maximum Gasteiger partial charge on any atom is 0.130 e. The molecule has 1 aromatic carbocycles. The van der Waals surface area contributed by atoms with Gasteiger partial charge in [0.15, 0.2) is 0 Å². The average molecular weight is 269 g/mol. The molecule has 3 rings (SSSR count). The molecule has 0 aliphatic heterocycles. The zero-order chi connectivity index (χ0) is 14.1. The number of aryl methyl sites for hydroxylation is 2. The van der Waals surface area contributed by atoms with Gasteiger partial charge in [-0.3, -0.25) is 0 Å². The molecule has 1 N–H and O–H groups in total. The lowest BCUT2D eigenvalue weighted by atomic mass is 10.0. The van der Waals surface area contributed by atoms with E-state index in [0.29, 0.717) is 6.04 Å². The fourth-order valence-corrected chi connectivity index (χ4v) is 2.43. The van der Waals surface area contributed by atoms with E-state index in [1.165, 1.54) is 18.4 Å². The molecular weight excluding hydrogens is 250 g/mol. The highest BCUT2D eigenvalue weighted by molar-refractivity contribution is 5.73. The van der Waals surface area contributed by atoms with Crippen LogP contribution in [0.25, 0.3) is 11.3 Å². The fraction of sp³-hybridized carbons (Fsp3) is 0.375. The summed E-state index contributed by atoms with van der Waals surface area (Å²) < 4.78 is 5.51. The van der Waals surface area contributed by atoms with Crippen LogP contribution >= 0.6 is 0 Å². The summed E-state index contributed by atoms with van der Waals surface area (Å²) >= 11 is 0. The number of methoxy groups -OCH3 is 1. The molecule has 104 valence electrons. The van der Waals surface area contributed by atoms with Gasteiger partial charge in [-0.15, -0.1) is 0 Å². The lowest BCUT2D eigenvalue weighted by molar-refractivity contribution is 0.415. The van der Waals surface area contributed by atoms with Crippen LogP contribution in [0.3, 0.4) is 0 Å². The Hall–Kier alpha value is -2.10. The van der Waals surface area contributed by atoms with Crippen LogP contribution in [0.1, 0.15) is 24.0 Å². The highest BCUT2D eigenvalue weighted by atomic mass is 16.5. The van der Waals surface area contributed by atoms with Crippen molar-refractivity contribution in [3.63, 3.8) is 0 Å². The van der Waals surface area contributed by atoms with Gasteiger partial charge in [0.1, 0.15) is 17.9 Å². The third-order valence-corrected chi connectivity index (χ3v) is 3.52. The Labute approximate surface area is 119 Å². The first-order valence-electron chi connectivity index (χ1n) is 6.91. The minimum absolute atomic E-state index is 0.582. The lowest BCUT2D eigenvalue weighted by Gasteiger charge is -2.13. The molecule has 0 radical (unpaired) electrons. The van der Waals surface area contributed by atoms with Crippen molar-refractivity contribution in [2.75, 3.05) is 12.4 Å². The van der Waals surface area contributed by atoms with Gasteiger partial charge in [0.2, 0.25) is 0 Å². The Balaban J connectivity index is 2.03. The second kappa shape index (κ2) is 5.12. The predicted octanol–water partition coefficient (Wildman–Crippen LogP) is 3.34. The first kappa shape index (κ1) is 12.9. The zero-order valence-electron chi connectivity index (χ0n) is 12.1. The van der Waals surface area contributed by atoms with Crippen LogP contribution in [0.2, 0.25) is 0 Å². The number of nitrogens with one attached hydrogen (secondary N) is 1. The van der Waals surface area contributed by atoms with Crippen molar-refractivity contribution < 1.29 is 4.74 Å². The molecule has 1 aromatic heterocycles. The van der Waals surface area contributed by atoms with E-state index in [1.54, 1.807) is 13.4 Å². The maximum atomic E-state index is 5.51. The largest absolute Gasteiger partial charge is 0.496 e. The Morgan fingerprint density at radius 1 is 1.15 bits per heavy atom. The number of nitrogens with zero attached hydrogens (tertiary/aromatic N) is 2. The molecule has 0 unspecified atom stereocenters. The van der Waals surface area contributed by atoms with E-state index >= 15 is 0 Å². The first-order chi connectivity index (χ1) is 9.67. The van der Waals surface area contributed by atoms with Gasteiger partial charge in [-0.05, 0) is 43.9 Å². The van der Waals surface area contributed by atoms with E-state index in [9.17, 15) is 0 Å². The number of rotatable bonds is 4. The minimum Gasteiger partial charge on any atom is -0.496 e. The van der Waals surface area contributed by atoms with Crippen molar-refractivity contribution in [1.29, 1.82) is 0 Å². The zero-order valence-corrected chi connectivity index (χ0v) is 12.1. The van der Waals surface area contributed by atoms with Crippen LogP contribution in [0, 0.1) is 13.8 Å². The van der Waals surface area contributed by atoms with Crippen LogP contribution in [0.15, 0.2) is 24.5 Å². The summed E-state index contributed by atoms with van der Waals surface area (Å²) in [6.07, 6.45) is 4.07. The van der Waals surface area contributed by atoms with Crippen molar-refractivity contribution in [1.82, 2.24) is 9.97 Å². The quantitative estimate of drug-likeness (QED) is 0.924. The summed E-state index contributed by atoms with van der Waals surface area (Å²) in [5.41, 5.74) is 4.29. The predicted molar refractivity (Wildman–Crippen MR) is 80.1 cm³/mol. The molecule has 1 fully saturated rings. The van der Waals surface area contributed by atoms with E-state index in [0.717, 1.165) is 28.4 Å². The van der Waals surface area contributed by atoms with Gasteiger partial charge in [-0.2, -0.15) is 0 Å². The second-order valence-corrected chi connectivity index (χ2v) is 5.37. The number of aromatic nitrogens is 2. The maximum absolute atomic E-state index is 5.51. The smallest absolute Gasteiger partial charge is 0.130 e. The first-order valence-corrected chi connectivity index (χ1v) is 6.91. The highest BCUT2D eigenvalue weighted by Crippen LogP contribution is 2.34. The molecule has 0 spiro atoms. The Kier molecular flexibility index (Phi) is 3.30. The summed E-state index contributed by atoms with van der Waals surface area (Å²) in [6.45, 7) is 4.15. The van der Waals surface area contributed by atoms with Gasteiger partial charge in [0.05, 0.1) is 12.8 Å². The molecule has 1 aliphatic carbocycles. The van der Waals surface area contributed by atoms with E-state index in [-0.39, 0.29) is 0 Å². The van der Waals surface area contributed by atoms with Gasteiger partial charge in [0.25, 0.3) is 0 Å². The molecule has 0 bridgehead atoms. The van der Waals surface area contributed by atoms with Crippen LogP contribution < -0.4 is 10.1 Å². The lowest BCUT2D eigenvalue weighted by Crippen LogP contribution is -2.04. The van der Waals surface area contributed by atoms with Gasteiger partial charge >= 0.3 is 0 Å². The number of hydrogen-bond donors (Lipinski definition) is 1. The molecular formula is C16H19N3O. The Morgan fingerprint density at radius 2 is 1.95 bits per heavy atom. The van der Waals surface area contributed by atoms with Crippen molar-refractivity contribution in [2.45, 2.75) is 32.7 Å². The molecule has 0 atom stereocenters. The monoisotopic (exact) mass is 269 g/mol. The third-order valence-electron chi connectivity index (χ3n) is 3.52. The van der Waals surface area contributed by atoms with E-state index in [2.05, 4.69) is 35.2 Å². The van der Waals surface area contributed by atoms with Gasteiger partial charge in [-0.1, -0.05) is 6.07 Å². The van der Waals surface area contributed by atoms with Crippen molar-refractivity contribution in [3.05, 3.63) is 35.7 Å². The van der Waals surface area contributed by atoms with Gasteiger partial charge in [0, 0.05) is 17.7 Å². The molecule has 4 nitrogen and oxygen atoms in total. The van der Waals surface area contributed by atoms with Crippen molar-refractivity contribution >= 4 is 5.82 Å². The summed E-state index contributed by atoms with van der Waals surface area (Å²) in [5, 5.41) is 3.40. The summed E-state index contributed by atoms with van der Waals surface area (Å²) in [6, 6.07) is 6.77. The average Bonchev–Trinajstić information content (AvgIpc) is 3.22. The molecule has 0 amide bonds. The Bertz CT molecular complexity index is 636. The topological polar surface area (TPSA) is 47.0 Å². The van der Waals surface area contributed by atoms with Crippen molar-refractivity contribution in [2.24, 2.45) is 0 Å². The summed E-state index contributed by atoms with van der Waals surface area (Å²) in [5.74, 6) is 1.75. The number of ether oxygens (including phenoxy) is 1. The second-order valence-electron chi connectivity index (χ2n) is 5.37. The molecule has 2 aromatic rings. The van der Waals surface area contributed by atoms with Crippen LogP contribution in [-0.2, 0) is 0 Å². The molecule has 4 heteroatoms. The van der Waals surface area contributed by atoms with E-state index in [1.807, 2.05) is 12.1 Å². The molecule has 1 aliphatic rings.